The third-order valence-electron chi connectivity index (χ3n) is 4.30. The van der Waals surface area contributed by atoms with Gasteiger partial charge in [-0.15, -0.1) is 0 Å². The van der Waals surface area contributed by atoms with Gasteiger partial charge in [-0.2, -0.15) is 0 Å². The van der Waals surface area contributed by atoms with E-state index in [0.29, 0.717) is 26.9 Å². The average molecular weight is 453 g/mol. The van der Waals surface area contributed by atoms with Crippen molar-refractivity contribution in [2.75, 3.05) is 5.32 Å². The zero-order chi connectivity index (χ0) is 20.4. The second kappa shape index (κ2) is 7.92. The summed E-state index contributed by atoms with van der Waals surface area (Å²) in [5, 5.41) is 3.25. The minimum atomic E-state index is -0.566. The molecule has 0 saturated carbocycles. The molecule has 0 aliphatic carbocycles. The van der Waals surface area contributed by atoms with Crippen molar-refractivity contribution in [3.05, 3.63) is 98.8 Å². The predicted molar refractivity (Wildman–Crippen MR) is 111 cm³/mol. The van der Waals surface area contributed by atoms with Gasteiger partial charge in [0.25, 0.3) is 11.5 Å². The number of fused-ring (bicyclic) bond motifs is 1. The monoisotopic (exact) mass is 452 g/mol. The first-order valence-electron chi connectivity index (χ1n) is 8.67. The molecule has 1 N–H and O–H groups in total. The van der Waals surface area contributed by atoms with E-state index in [-0.39, 0.29) is 17.9 Å². The van der Waals surface area contributed by atoms with E-state index >= 15 is 0 Å². The van der Waals surface area contributed by atoms with Gasteiger partial charge in [-0.25, -0.2) is 14.4 Å². The third-order valence-corrected chi connectivity index (χ3v) is 4.73. The molecule has 0 aliphatic rings. The summed E-state index contributed by atoms with van der Waals surface area (Å²) in [6, 6.07) is 14.2. The molecule has 0 saturated heterocycles. The van der Waals surface area contributed by atoms with Crippen molar-refractivity contribution in [1.82, 2.24) is 14.5 Å². The summed E-state index contributed by atoms with van der Waals surface area (Å²) in [4.78, 5) is 34.3. The maximum Gasteiger partial charge on any atom is 0.265 e. The Balaban J connectivity index is 1.82. The SMILES string of the molecule is O=C(Nc1ccccn1)c1cc2cc(Br)cnc2n(Cc2ccc(F)cc2)c1=O. The molecule has 8 heteroatoms. The first kappa shape index (κ1) is 18.9. The van der Waals surface area contributed by atoms with E-state index in [1.165, 1.54) is 22.8 Å². The molecular formula is C21H14BrFN4O2. The van der Waals surface area contributed by atoms with Gasteiger partial charge in [0.2, 0.25) is 0 Å². The van der Waals surface area contributed by atoms with Crippen molar-refractivity contribution in [1.29, 1.82) is 0 Å². The Labute approximate surface area is 173 Å². The van der Waals surface area contributed by atoms with E-state index in [1.54, 1.807) is 48.8 Å². The normalized spacial score (nSPS) is 10.8. The number of carbonyl (C=O) groups is 1. The van der Waals surface area contributed by atoms with Crippen molar-refractivity contribution >= 4 is 38.7 Å². The van der Waals surface area contributed by atoms with Gasteiger partial charge in [0, 0.05) is 22.3 Å². The Morgan fingerprint density at radius 3 is 2.62 bits per heavy atom. The Morgan fingerprint density at radius 1 is 1.10 bits per heavy atom. The number of amides is 1. The van der Waals surface area contributed by atoms with Crippen molar-refractivity contribution < 1.29 is 9.18 Å². The minimum Gasteiger partial charge on any atom is -0.306 e. The van der Waals surface area contributed by atoms with Crippen LogP contribution in [0.5, 0.6) is 0 Å². The molecule has 0 bridgehead atoms. The topological polar surface area (TPSA) is 76.9 Å². The molecule has 0 aliphatic heterocycles. The van der Waals surface area contributed by atoms with Crippen LogP contribution >= 0.6 is 15.9 Å². The first-order chi connectivity index (χ1) is 14.0. The average Bonchev–Trinajstić information content (AvgIpc) is 2.72. The Morgan fingerprint density at radius 2 is 1.90 bits per heavy atom. The fourth-order valence-electron chi connectivity index (χ4n) is 2.94. The molecule has 0 spiro atoms. The van der Waals surface area contributed by atoms with Crippen LogP contribution in [0, 0.1) is 5.82 Å². The summed E-state index contributed by atoms with van der Waals surface area (Å²) in [7, 11) is 0. The number of pyridine rings is 3. The van der Waals surface area contributed by atoms with Crippen LogP contribution < -0.4 is 10.9 Å². The van der Waals surface area contributed by atoms with Crippen molar-refractivity contribution in [2.24, 2.45) is 0 Å². The van der Waals surface area contributed by atoms with Gasteiger partial charge < -0.3 is 5.32 Å². The van der Waals surface area contributed by atoms with E-state index in [9.17, 15) is 14.0 Å². The molecule has 0 atom stereocenters. The van der Waals surface area contributed by atoms with Crippen LogP contribution in [0.4, 0.5) is 10.2 Å². The molecule has 0 radical (unpaired) electrons. The van der Waals surface area contributed by atoms with Crippen molar-refractivity contribution in [3.8, 4) is 0 Å². The minimum absolute atomic E-state index is 0.0369. The fourth-order valence-corrected chi connectivity index (χ4v) is 3.29. The van der Waals surface area contributed by atoms with E-state index in [1.807, 2.05) is 0 Å². The van der Waals surface area contributed by atoms with E-state index in [0.717, 1.165) is 0 Å². The number of hydrogen-bond acceptors (Lipinski definition) is 4. The number of halogens is 2. The molecule has 144 valence electrons. The first-order valence-corrected chi connectivity index (χ1v) is 9.46. The van der Waals surface area contributed by atoms with Gasteiger partial charge in [-0.3, -0.25) is 14.2 Å². The molecule has 3 heterocycles. The van der Waals surface area contributed by atoms with Gasteiger partial charge in [0.05, 0.1) is 6.54 Å². The van der Waals surface area contributed by atoms with Crippen LogP contribution in [0.25, 0.3) is 11.0 Å². The smallest absolute Gasteiger partial charge is 0.265 e. The fraction of sp³-hybridized carbons (Fsp3) is 0.0476. The highest BCUT2D eigenvalue weighted by Gasteiger charge is 2.17. The molecule has 29 heavy (non-hydrogen) atoms. The van der Waals surface area contributed by atoms with E-state index in [2.05, 4.69) is 31.2 Å². The zero-order valence-corrected chi connectivity index (χ0v) is 16.6. The highest BCUT2D eigenvalue weighted by atomic mass is 79.9. The maximum atomic E-state index is 13.2. The summed E-state index contributed by atoms with van der Waals surface area (Å²) >= 11 is 3.36. The van der Waals surface area contributed by atoms with Gasteiger partial charge in [-0.1, -0.05) is 18.2 Å². The number of rotatable bonds is 4. The Bertz CT molecular complexity index is 1260. The van der Waals surface area contributed by atoms with Crippen molar-refractivity contribution in [3.63, 3.8) is 0 Å². The number of aromatic nitrogens is 3. The van der Waals surface area contributed by atoms with Gasteiger partial charge in [-0.05, 0) is 57.9 Å². The number of hydrogen-bond donors (Lipinski definition) is 1. The molecule has 4 rings (SSSR count). The number of benzene rings is 1. The summed E-state index contributed by atoms with van der Waals surface area (Å²) in [5.41, 5.74) is 0.606. The highest BCUT2D eigenvalue weighted by molar-refractivity contribution is 9.10. The lowest BCUT2D eigenvalue weighted by molar-refractivity contribution is 0.102. The predicted octanol–water partition coefficient (Wildman–Crippen LogP) is 3.99. The van der Waals surface area contributed by atoms with Crippen LogP contribution in [-0.2, 0) is 6.54 Å². The Hall–Kier alpha value is -3.39. The molecule has 6 nitrogen and oxygen atoms in total. The molecule has 3 aromatic heterocycles. The number of nitrogens with zero attached hydrogens (tertiary/aromatic N) is 3. The van der Waals surface area contributed by atoms with Crippen LogP contribution in [-0.4, -0.2) is 20.4 Å². The lowest BCUT2D eigenvalue weighted by Crippen LogP contribution is -2.30. The maximum absolute atomic E-state index is 13.2. The van der Waals surface area contributed by atoms with Crippen LogP contribution in [0.2, 0.25) is 0 Å². The van der Waals surface area contributed by atoms with E-state index < -0.39 is 11.5 Å². The lowest BCUT2D eigenvalue weighted by Gasteiger charge is -2.13. The summed E-state index contributed by atoms with van der Waals surface area (Å²) < 4.78 is 15.4. The molecule has 1 amide bonds. The van der Waals surface area contributed by atoms with Crippen LogP contribution in [0.15, 0.2) is 76.3 Å². The van der Waals surface area contributed by atoms with Gasteiger partial charge in [0.1, 0.15) is 22.8 Å². The van der Waals surface area contributed by atoms with Gasteiger partial charge in [0.15, 0.2) is 0 Å². The van der Waals surface area contributed by atoms with Gasteiger partial charge >= 0.3 is 0 Å². The second-order valence-corrected chi connectivity index (χ2v) is 7.23. The second-order valence-electron chi connectivity index (χ2n) is 6.31. The van der Waals surface area contributed by atoms with Crippen LogP contribution in [0.1, 0.15) is 15.9 Å². The zero-order valence-electron chi connectivity index (χ0n) is 15.0. The van der Waals surface area contributed by atoms with Crippen molar-refractivity contribution in [2.45, 2.75) is 6.54 Å². The van der Waals surface area contributed by atoms with E-state index in [4.69, 9.17) is 0 Å². The summed E-state index contributed by atoms with van der Waals surface area (Å²) in [5.74, 6) is -0.589. The number of anilines is 1. The summed E-state index contributed by atoms with van der Waals surface area (Å²) in [6.45, 7) is 0.148. The quantitative estimate of drug-likeness (QED) is 0.507. The molecular weight excluding hydrogens is 439 g/mol. The Kier molecular flexibility index (Phi) is 5.18. The number of carbonyl (C=O) groups excluding carboxylic acids is 1. The summed E-state index contributed by atoms with van der Waals surface area (Å²) in [6.07, 6.45) is 3.13. The highest BCUT2D eigenvalue weighted by Crippen LogP contribution is 2.19. The third kappa shape index (κ3) is 4.07. The number of nitrogens with one attached hydrogen (secondary N) is 1. The molecule has 1 aromatic carbocycles. The largest absolute Gasteiger partial charge is 0.306 e. The molecule has 4 aromatic rings. The van der Waals surface area contributed by atoms with Crippen LogP contribution in [0.3, 0.4) is 0 Å². The molecule has 0 fully saturated rings. The standard InChI is InChI=1S/C21H14BrFN4O2/c22-15-9-14-10-17(20(28)26-18-3-1-2-8-24-18)21(29)27(19(14)25-11-15)12-13-4-6-16(23)7-5-13/h1-11H,12H2,(H,24,26,28). The molecule has 0 unspecified atom stereocenters. The lowest BCUT2D eigenvalue weighted by atomic mass is 10.1.